The Hall–Kier alpha value is -1.09. The second kappa shape index (κ2) is 12.2. The standard InChI is InChI=1S/C20H34O16/c1-5-15(35-20-13(28)11(26)9(24)7(3-21)34-20)12(27)14(29)19(31-5)36-16-10(25)8(4-22)33-18(30)17(16)32-6(2)23/h5,7-22,24-30H,3-4H2,1-2H3/t5-,7+,8+,9+,10-,11-,12-,13-,14+,15-,16-,17+,18+,19-,20-/m0/s1. The van der Waals surface area contributed by atoms with Crippen LogP contribution in [0.2, 0.25) is 0 Å². The number of hydrogen-bond acceptors (Lipinski definition) is 16. The van der Waals surface area contributed by atoms with Crippen LogP contribution < -0.4 is 0 Å². The summed E-state index contributed by atoms with van der Waals surface area (Å²) >= 11 is 0. The van der Waals surface area contributed by atoms with Gasteiger partial charge in [0.1, 0.15) is 61.0 Å². The molecule has 0 spiro atoms. The predicted molar refractivity (Wildman–Crippen MR) is 109 cm³/mol. The zero-order chi connectivity index (χ0) is 26.9. The summed E-state index contributed by atoms with van der Waals surface area (Å²) in [4.78, 5) is 11.5. The van der Waals surface area contributed by atoms with Crippen LogP contribution in [-0.2, 0) is 33.2 Å². The van der Waals surface area contributed by atoms with Crippen molar-refractivity contribution in [3.63, 3.8) is 0 Å². The van der Waals surface area contributed by atoms with Gasteiger partial charge in [-0.05, 0) is 6.92 Å². The second-order valence-electron chi connectivity index (χ2n) is 8.90. The van der Waals surface area contributed by atoms with Crippen molar-refractivity contribution in [1.82, 2.24) is 0 Å². The lowest BCUT2D eigenvalue weighted by atomic mass is 9.96. The number of aliphatic hydroxyl groups excluding tert-OH is 9. The van der Waals surface area contributed by atoms with Gasteiger partial charge in [-0.2, -0.15) is 0 Å². The first-order valence-electron chi connectivity index (χ1n) is 11.3. The molecule has 0 aromatic rings. The Morgan fingerprint density at radius 1 is 0.667 bits per heavy atom. The highest BCUT2D eigenvalue weighted by molar-refractivity contribution is 5.66. The van der Waals surface area contributed by atoms with E-state index >= 15 is 0 Å². The van der Waals surface area contributed by atoms with E-state index in [1.807, 2.05) is 0 Å². The third-order valence-corrected chi connectivity index (χ3v) is 6.33. The molecule has 0 bridgehead atoms. The molecule has 3 rings (SSSR count). The van der Waals surface area contributed by atoms with Gasteiger partial charge < -0.3 is 74.4 Å². The SMILES string of the molecule is CC(=O)O[C@@H]1[C@@H](O[C@@H]2O[C@@H](C)[C@H](O[C@@H]3O[C@H](CO)[C@@H](O)[C@H](O)[C@@H]3O)[C@@H](O)[C@H]2O)[C@@H](O)[C@@H](CO)O[C@H]1O. The van der Waals surface area contributed by atoms with E-state index in [0.717, 1.165) is 6.92 Å². The lowest BCUT2D eigenvalue weighted by molar-refractivity contribution is -0.374. The number of rotatable bonds is 7. The Morgan fingerprint density at radius 3 is 1.78 bits per heavy atom. The van der Waals surface area contributed by atoms with Crippen LogP contribution in [0.1, 0.15) is 13.8 Å². The minimum Gasteiger partial charge on any atom is -0.454 e. The van der Waals surface area contributed by atoms with E-state index < -0.39 is 111 Å². The minimum atomic E-state index is -1.85. The van der Waals surface area contributed by atoms with E-state index in [1.165, 1.54) is 6.92 Å². The Morgan fingerprint density at radius 2 is 1.19 bits per heavy atom. The molecule has 16 heteroatoms. The van der Waals surface area contributed by atoms with Crippen LogP contribution in [0.25, 0.3) is 0 Å². The van der Waals surface area contributed by atoms with E-state index in [0.29, 0.717) is 0 Å². The Balaban J connectivity index is 1.72. The summed E-state index contributed by atoms with van der Waals surface area (Å²) in [6.45, 7) is 0.996. The minimum absolute atomic E-state index is 0.708. The number of carbonyl (C=O) groups excluding carboxylic acids is 1. The fourth-order valence-electron chi connectivity index (χ4n) is 4.33. The molecule has 0 unspecified atom stereocenters. The molecule has 16 nitrogen and oxygen atoms in total. The van der Waals surface area contributed by atoms with Crippen molar-refractivity contribution in [2.24, 2.45) is 0 Å². The van der Waals surface area contributed by atoms with Crippen LogP contribution in [0.5, 0.6) is 0 Å². The van der Waals surface area contributed by atoms with Crippen LogP contribution in [0.3, 0.4) is 0 Å². The van der Waals surface area contributed by atoms with Gasteiger partial charge in [0, 0.05) is 6.92 Å². The van der Waals surface area contributed by atoms with Crippen molar-refractivity contribution in [2.75, 3.05) is 13.2 Å². The second-order valence-corrected chi connectivity index (χ2v) is 8.90. The largest absolute Gasteiger partial charge is 0.454 e. The molecule has 36 heavy (non-hydrogen) atoms. The van der Waals surface area contributed by atoms with Gasteiger partial charge in [-0.15, -0.1) is 0 Å². The maximum atomic E-state index is 11.5. The Kier molecular flexibility index (Phi) is 9.97. The molecule has 3 saturated heterocycles. The van der Waals surface area contributed by atoms with Gasteiger partial charge in [-0.25, -0.2) is 0 Å². The van der Waals surface area contributed by atoms with Crippen molar-refractivity contribution in [1.29, 1.82) is 0 Å². The molecule has 0 radical (unpaired) electrons. The highest BCUT2D eigenvalue weighted by atomic mass is 16.8. The summed E-state index contributed by atoms with van der Waals surface area (Å²) in [7, 11) is 0. The van der Waals surface area contributed by atoms with E-state index in [9.17, 15) is 50.8 Å². The average molecular weight is 530 g/mol. The van der Waals surface area contributed by atoms with Crippen LogP contribution in [0.4, 0.5) is 0 Å². The highest BCUT2D eigenvalue weighted by Crippen LogP contribution is 2.32. The Bertz CT molecular complexity index is 724. The number of esters is 1. The molecule has 9 N–H and O–H groups in total. The molecule has 15 atom stereocenters. The maximum Gasteiger partial charge on any atom is 0.303 e. The van der Waals surface area contributed by atoms with Gasteiger partial charge in [0.15, 0.2) is 25.0 Å². The first-order valence-corrected chi connectivity index (χ1v) is 11.3. The smallest absolute Gasteiger partial charge is 0.303 e. The summed E-state index contributed by atoms with van der Waals surface area (Å²) in [5.74, 6) is -0.850. The average Bonchev–Trinajstić information content (AvgIpc) is 2.83. The van der Waals surface area contributed by atoms with Gasteiger partial charge in [0.05, 0.1) is 19.3 Å². The van der Waals surface area contributed by atoms with Crippen LogP contribution >= 0.6 is 0 Å². The van der Waals surface area contributed by atoms with Gasteiger partial charge in [0.25, 0.3) is 0 Å². The molecular formula is C20H34O16. The summed E-state index contributed by atoms with van der Waals surface area (Å²) in [5, 5.41) is 90.8. The molecule has 0 amide bonds. The quantitative estimate of drug-likeness (QED) is 0.139. The van der Waals surface area contributed by atoms with E-state index in [1.54, 1.807) is 0 Å². The molecule has 3 fully saturated rings. The van der Waals surface area contributed by atoms with E-state index in [4.69, 9.17) is 28.4 Å². The summed E-state index contributed by atoms with van der Waals surface area (Å²) in [6, 6.07) is 0. The van der Waals surface area contributed by atoms with Crippen LogP contribution in [-0.4, -0.2) is 157 Å². The number of aliphatic hydroxyl groups is 9. The van der Waals surface area contributed by atoms with Crippen LogP contribution in [0.15, 0.2) is 0 Å². The topological polar surface area (TPSA) is 255 Å². The van der Waals surface area contributed by atoms with Gasteiger partial charge in [-0.1, -0.05) is 0 Å². The zero-order valence-electron chi connectivity index (χ0n) is 19.5. The van der Waals surface area contributed by atoms with Crippen molar-refractivity contribution < 1.29 is 79.2 Å². The van der Waals surface area contributed by atoms with Crippen molar-refractivity contribution in [2.45, 2.75) is 106 Å². The van der Waals surface area contributed by atoms with E-state index in [-0.39, 0.29) is 0 Å². The number of hydrogen-bond donors (Lipinski definition) is 9. The van der Waals surface area contributed by atoms with E-state index in [2.05, 4.69) is 0 Å². The molecule has 0 saturated carbocycles. The van der Waals surface area contributed by atoms with Gasteiger partial charge in [0.2, 0.25) is 0 Å². The lowest BCUT2D eigenvalue weighted by Crippen LogP contribution is -2.66. The zero-order valence-corrected chi connectivity index (χ0v) is 19.5. The first kappa shape index (κ1) is 29.5. The number of carbonyl (C=O) groups is 1. The molecule has 3 heterocycles. The maximum absolute atomic E-state index is 11.5. The normalized spacial score (nSPS) is 50.0. The lowest BCUT2D eigenvalue weighted by Gasteiger charge is -2.47. The molecule has 210 valence electrons. The third kappa shape index (κ3) is 5.97. The number of ether oxygens (including phenoxy) is 6. The highest BCUT2D eigenvalue weighted by Gasteiger charge is 2.53. The van der Waals surface area contributed by atoms with Gasteiger partial charge >= 0.3 is 5.97 Å². The monoisotopic (exact) mass is 530 g/mol. The molecule has 0 aliphatic carbocycles. The third-order valence-electron chi connectivity index (χ3n) is 6.33. The first-order chi connectivity index (χ1) is 16.9. The summed E-state index contributed by atoms with van der Waals surface area (Å²) in [6.07, 6.45) is -23.7. The molecule has 0 aromatic heterocycles. The Labute approximate surface area is 205 Å². The van der Waals surface area contributed by atoms with Crippen molar-refractivity contribution in [3.05, 3.63) is 0 Å². The van der Waals surface area contributed by atoms with Crippen molar-refractivity contribution in [3.8, 4) is 0 Å². The summed E-state index contributed by atoms with van der Waals surface area (Å²) < 4.78 is 31.9. The van der Waals surface area contributed by atoms with Crippen molar-refractivity contribution >= 4 is 5.97 Å². The molecule has 0 aromatic carbocycles. The van der Waals surface area contributed by atoms with Gasteiger partial charge in [-0.3, -0.25) is 4.79 Å². The summed E-state index contributed by atoms with van der Waals surface area (Å²) in [5.41, 5.74) is 0. The molecule has 3 aliphatic heterocycles. The van der Waals surface area contributed by atoms with Crippen LogP contribution in [0, 0.1) is 0 Å². The predicted octanol–water partition coefficient (Wildman–Crippen LogP) is -5.97. The molecular weight excluding hydrogens is 496 g/mol. The fourth-order valence-corrected chi connectivity index (χ4v) is 4.33. The molecule has 3 aliphatic rings. The fraction of sp³-hybridized carbons (Fsp3) is 0.950.